The van der Waals surface area contributed by atoms with Crippen molar-refractivity contribution in [3.8, 4) is 5.75 Å². The van der Waals surface area contributed by atoms with E-state index in [1.807, 2.05) is 26.2 Å². The summed E-state index contributed by atoms with van der Waals surface area (Å²) in [4.78, 5) is 32.7. The van der Waals surface area contributed by atoms with Crippen LogP contribution in [-0.2, 0) is 14.3 Å². The molecule has 9 heteroatoms. The van der Waals surface area contributed by atoms with Crippen molar-refractivity contribution in [3.05, 3.63) is 64.7 Å². The molecular weight excluding hydrogens is 414 g/mol. The van der Waals surface area contributed by atoms with Gasteiger partial charge >= 0.3 is 17.9 Å². The smallest absolute Gasteiger partial charge is 0.414 e. The van der Waals surface area contributed by atoms with Crippen molar-refractivity contribution in [1.29, 1.82) is 0 Å². The molecule has 1 atom stereocenters. The van der Waals surface area contributed by atoms with E-state index < -0.39 is 11.9 Å². The number of carbonyl (C=O) groups excluding carboxylic acids is 1. The first kappa shape index (κ1) is 24.9. The molecule has 0 radical (unpaired) electrons. The lowest BCUT2D eigenvalue weighted by molar-refractivity contribution is -0.159. The molecule has 162 valence electrons. The predicted molar refractivity (Wildman–Crippen MR) is 111 cm³/mol. The van der Waals surface area contributed by atoms with Gasteiger partial charge in [-0.05, 0) is 56.1 Å². The molecule has 0 aliphatic heterocycles. The number of rotatable bonds is 7. The third-order valence-corrected chi connectivity index (χ3v) is 4.09. The van der Waals surface area contributed by atoms with E-state index in [9.17, 15) is 4.79 Å². The third kappa shape index (κ3) is 8.93. The molecule has 2 aromatic carbocycles. The molecule has 0 saturated heterocycles. The second kappa shape index (κ2) is 12.5. The highest BCUT2D eigenvalue weighted by Crippen LogP contribution is 2.25. The van der Waals surface area contributed by atoms with Crippen molar-refractivity contribution in [2.45, 2.75) is 12.5 Å². The standard InChI is InChI=1S/C19H22ClNO3.C2H2O4/c1-21(2)13-12-18(14-4-8-16(20)9-5-14)24-19(22)15-6-10-17(23-3)11-7-15;3-1(4)2(5)6/h4-11,18H,12-13H2,1-3H3;(H,3,4)(H,5,6). The monoisotopic (exact) mass is 437 g/mol. The number of methoxy groups -OCH3 is 1. The maximum atomic E-state index is 12.4. The number of carboxylic acid groups (broad SMARTS) is 2. The van der Waals surface area contributed by atoms with E-state index in [-0.39, 0.29) is 12.1 Å². The molecule has 0 heterocycles. The van der Waals surface area contributed by atoms with Gasteiger partial charge in [-0.3, -0.25) is 0 Å². The van der Waals surface area contributed by atoms with Crippen molar-refractivity contribution in [1.82, 2.24) is 4.90 Å². The highest BCUT2D eigenvalue weighted by molar-refractivity contribution is 6.30. The number of ether oxygens (including phenoxy) is 2. The normalized spacial score (nSPS) is 11.1. The molecule has 8 nitrogen and oxygen atoms in total. The molecule has 2 rings (SSSR count). The van der Waals surface area contributed by atoms with Crippen molar-refractivity contribution in [2.24, 2.45) is 0 Å². The van der Waals surface area contributed by atoms with E-state index in [1.54, 1.807) is 43.5 Å². The zero-order valence-corrected chi connectivity index (χ0v) is 17.6. The van der Waals surface area contributed by atoms with Crippen LogP contribution in [0, 0.1) is 0 Å². The van der Waals surface area contributed by atoms with Gasteiger partial charge < -0.3 is 24.6 Å². The number of halogens is 1. The third-order valence-electron chi connectivity index (χ3n) is 3.84. The maximum Gasteiger partial charge on any atom is 0.414 e. The molecule has 0 aromatic heterocycles. The Hall–Kier alpha value is -3.10. The average molecular weight is 438 g/mol. The van der Waals surface area contributed by atoms with E-state index in [4.69, 9.17) is 40.9 Å². The van der Waals surface area contributed by atoms with Crippen molar-refractivity contribution in [2.75, 3.05) is 27.7 Å². The fourth-order valence-corrected chi connectivity index (χ4v) is 2.40. The van der Waals surface area contributed by atoms with Crippen molar-refractivity contribution < 1.29 is 34.1 Å². The number of benzene rings is 2. The molecule has 2 N–H and O–H groups in total. The van der Waals surface area contributed by atoms with Gasteiger partial charge in [0, 0.05) is 18.0 Å². The summed E-state index contributed by atoms with van der Waals surface area (Å²) < 4.78 is 10.8. The van der Waals surface area contributed by atoms with Crippen LogP contribution in [0.1, 0.15) is 28.4 Å². The van der Waals surface area contributed by atoms with Crippen LogP contribution in [0.2, 0.25) is 5.02 Å². The van der Waals surface area contributed by atoms with Crippen LogP contribution < -0.4 is 4.74 Å². The van der Waals surface area contributed by atoms with Gasteiger partial charge in [-0.15, -0.1) is 0 Å². The minimum absolute atomic E-state index is 0.320. The van der Waals surface area contributed by atoms with Gasteiger partial charge in [-0.2, -0.15) is 0 Å². The lowest BCUT2D eigenvalue weighted by Crippen LogP contribution is -2.19. The zero-order valence-electron chi connectivity index (χ0n) is 16.9. The molecule has 0 saturated carbocycles. The Bertz CT molecular complexity index is 823. The molecule has 0 aliphatic rings. The second-order valence-corrected chi connectivity index (χ2v) is 6.81. The Morgan fingerprint density at radius 3 is 1.93 bits per heavy atom. The Morgan fingerprint density at radius 2 is 1.50 bits per heavy atom. The first-order valence-corrected chi connectivity index (χ1v) is 9.23. The zero-order chi connectivity index (χ0) is 22.7. The van der Waals surface area contributed by atoms with Gasteiger partial charge in [-0.1, -0.05) is 23.7 Å². The molecule has 30 heavy (non-hydrogen) atoms. The number of carbonyl (C=O) groups is 3. The average Bonchev–Trinajstić information content (AvgIpc) is 2.72. The number of esters is 1. The Labute approximate surface area is 179 Å². The lowest BCUT2D eigenvalue weighted by atomic mass is 10.1. The summed E-state index contributed by atoms with van der Waals surface area (Å²) in [7, 11) is 5.57. The summed E-state index contributed by atoms with van der Waals surface area (Å²) in [5, 5.41) is 15.4. The van der Waals surface area contributed by atoms with Gasteiger partial charge in [0.25, 0.3) is 0 Å². The van der Waals surface area contributed by atoms with Crippen LogP contribution >= 0.6 is 11.6 Å². The molecule has 0 aliphatic carbocycles. The molecule has 0 bridgehead atoms. The summed E-state index contributed by atoms with van der Waals surface area (Å²) in [5.74, 6) is -3.30. The van der Waals surface area contributed by atoms with Gasteiger partial charge in [0.2, 0.25) is 0 Å². The summed E-state index contributed by atoms with van der Waals surface area (Å²) in [6, 6.07) is 14.3. The summed E-state index contributed by atoms with van der Waals surface area (Å²) in [6.07, 6.45) is 0.385. The van der Waals surface area contributed by atoms with Crippen LogP contribution in [0.5, 0.6) is 5.75 Å². The van der Waals surface area contributed by atoms with Gasteiger partial charge in [0.1, 0.15) is 11.9 Å². The Balaban J connectivity index is 0.000000656. The van der Waals surface area contributed by atoms with Crippen LogP contribution in [0.25, 0.3) is 0 Å². The number of hydrogen-bond donors (Lipinski definition) is 2. The maximum absolute atomic E-state index is 12.4. The van der Waals surface area contributed by atoms with Crippen molar-refractivity contribution >= 4 is 29.5 Å². The lowest BCUT2D eigenvalue weighted by Gasteiger charge is -2.20. The largest absolute Gasteiger partial charge is 0.497 e. The number of hydrogen-bond acceptors (Lipinski definition) is 6. The van der Waals surface area contributed by atoms with Crippen molar-refractivity contribution in [3.63, 3.8) is 0 Å². The molecule has 0 amide bonds. The predicted octanol–water partition coefficient (Wildman–Crippen LogP) is 3.35. The number of carboxylic acids is 2. The number of aliphatic carboxylic acids is 2. The minimum atomic E-state index is -1.82. The van der Waals surface area contributed by atoms with E-state index in [2.05, 4.69) is 4.90 Å². The summed E-state index contributed by atoms with van der Waals surface area (Å²) in [6.45, 7) is 0.809. The highest BCUT2D eigenvalue weighted by atomic mass is 35.5. The quantitative estimate of drug-likeness (QED) is 0.500. The minimum Gasteiger partial charge on any atom is -0.497 e. The SMILES string of the molecule is COc1ccc(C(=O)OC(CCN(C)C)c2ccc(Cl)cc2)cc1.O=C(O)C(=O)O. The first-order chi connectivity index (χ1) is 14.1. The molecule has 0 spiro atoms. The number of nitrogens with zero attached hydrogens (tertiary/aromatic N) is 1. The van der Waals surface area contributed by atoms with Crippen LogP contribution in [-0.4, -0.2) is 60.8 Å². The van der Waals surface area contributed by atoms with E-state index >= 15 is 0 Å². The molecule has 1 unspecified atom stereocenters. The second-order valence-electron chi connectivity index (χ2n) is 6.38. The summed E-state index contributed by atoms with van der Waals surface area (Å²) in [5.41, 5.74) is 1.43. The summed E-state index contributed by atoms with van der Waals surface area (Å²) >= 11 is 5.95. The topological polar surface area (TPSA) is 113 Å². The highest BCUT2D eigenvalue weighted by Gasteiger charge is 2.18. The fraction of sp³-hybridized carbons (Fsp3) is 0.286. The van der Waals surface area contributed by atoms with Gasteiger partial charge in [0.05, 0.1) is 12.7 Å². The fourth-order valence-electron chi connectivity index (χ4n) is 2.27. The van der Waals surface area contributed by atoms with E-state index in [1.165, 1.54) is 0 Å². The Morgan fingerprint density at radius 1 is 0.967 bits per heavy atom. The van der Waals surface area contributed by atoms with Gasteiger partial charge in [-0.25, -0.2) is 14.4 Å². The van der Waals surface area contributed by atoms with Crippen LogP contribution in [0.3, 0.4) is 0 Å². The molecular formula is C21H24ClNO7. The first-order valence-electron chi connectivity index (χ1n) is 8.85. The van der Waals surface area contributed by atoms with Crippen LogP contribution in [0.15, 0.2) is 48.5 Å². The van der Waals surface area contributed by atoms with Gasteiger partial charge in [0.15, 0.2) is 0 Å². The van der Waals surface area contributed by atoms with Crippen LogP contribution in [0.4, 0.5) is 0 Å². The molecule has 0 fully saturated rings. The Kier molecular flexibility index (Phi) is 10.4. The molecule has 2 aromatic rings. The van der Waals surface area contributed by atoms with E-state index in [0.717, 1.165) is 12.1 Å². The van der Waals surface area contributed by atoms with E-state index in [0.29, 0.717) is 22.8 Å².